The Morgan fingerprint density at radius 3 is 2.50 bits per heavy atom. The van der Waals surface area contributed by atoms with Gasteiger partial charge in [0.05, 0.1) is 13.2 Å². The summed E-state index contributed by atoms with van der Waals surface area (Å²) in [7, 11) is 1.90. The summed E-state index contributed by atoms with van der Waals surface area (Å²) in [6.45, 7) is 9.55. The van der Waals surface area contributed by atoms with E-state index in [0.29, 0.717) is 25.0 Å². The lowest BCUT2D eigenvalue weighted by atomic mass is 9.90. The zero-order valence-corrected chi connectivity index (χ0v) is 9.55. The van der Waals surface area contributed by atoms with Gasteiger partial charge in [-0.25, -0.2) is 0 Å². The van der Waals surface area contributed by atoms with Crippen LogP contribution in [0.2, 0.25) is 0 Å². The fraction of sp³-hybridized carbons (Fsp3) is 0.818. The summed E-state index contributed by atoms with van der Waals surface area (Å²) in [4.78, 5) is 0. The molecular weight excluding hydrogens is 178 g/mol. The van der Waals surface area contributed by atoms with Crippen LogP contribution in [0.25, 0.3) is 0 Å². The van der Waals surface area contributed by atoms with Gasteiger partial charge in [-0.1, -0.05) is 20.4 Å². The maximum Gasteiger partial charge on any atom is 0.0697 e. The van der Waals surface area contributed by atoms with E-state index >= 15 is 0 Å². The van der Waals surface area contributed by atoms with Gasteiger partial charge in [-0.15, -0.1) is 0 Å². The average Bonchev–Trinajstić information content (AvgIpc) is 2.16. The van der Waals surface area contributed by atoms with Crippen molar-refractivity contribution >= 4 is 0 Å². The van der Waals surface area contributed by atoms with Gasteiger partial charge in [-0.05, 0) is 12.3 Å². The van der Waals surface area contributed by atoms with Crippen molar-refractivity contribution < 1.29 is 9.84 Å². The molecule has 3 heteroatoms. The molecule has 0 heterocycles. The molecule has 14 heavy (non-hydrogen) atoms. The number of hydrogen-bond acceptors (Lipinski definition) is 3. The summed E-state index contributed by atoms with van der Waals surface area (Å²) >= 11 is 0. The zero-order chi connectivity index (χ0) is 11.0. The number of aliphatic hydroxyl groups is 1. The smallest absolute Gasteiger partial charge is 0.0697 e. The van der Waals surface area contributed by atoms with Crippen molar-refractivity contribution in [1.29, 1.82) is 0 Å². The van der Waals surface area contributed by atoms with Gasteiger partial charge in [0.15, 0.2) is 0 Å². The van der Waals surface area contributed by atoms with Crippen LogP contribution in [0.15, 0.2) is 12.3 Å². The van der Waals surface area contributed by atoms with E-state index in [1.165, 1.54) is 0 Å². The molecule has 0 aromatic rings. The van der Waals surface area contributed by atoms with E-state index in [2.05, 4.69) is 25.7 Å². The Kier molecular flexibility index (Phi) is 7.52. The lowest BCUT2D eigenvalue weighted by molar-refractivity contribution is 0.0816. The molecule has 0 aliphatic heterocycles. The molecule has 2 N–H and O–H groups in total. The molecule has 0 aromatic heterocycles. The molecule has 84 valence electrons. The number of ether oxygens (including phenoxy) is 1. The third-order valence-corrected chi connectivity index (χ3v) is 2.38. The second-order valence-electron chi connectivity index (χ2n) is 3.75. The molecule has 0 bridgehead atoms. The van der Waals surface area contributed by atoms with Crippen molar-refractivity contribution in [3.8, 4) is 0 Å². The van der Waals surface area contributed by atoms with Crippen LogP contribution in [-0.2, 0) is 4.74 Å². The van der Waals surface area contributed by atoms with Gasteiger partial charge in [-0.2, -0.15) is 0 Å². The number of rotatable bonds is 8. The average molecular weight is 201 g/mol. The Morgan fingerprint density at radius 1 is 1.43 bits per heavy atom. The van der Waals surface area contributed by atoms with Crippen molar-refractivity contribution in [2.75, 3.05) is 26.9 Å². The van der Waals surface area contributed by atoms with E-state index in [0.717, 1.165) is 12.1 Å². The highest BCUT2D eigenvalue weighted by Crippen LogP contribution is 2.20. The Balaban J connectivity index is 3.80. The van der Waals surface area contributed by atoms with Crippen molar-refractivity contribution in [2.45, 2.75) is 20.3 Å². The van der Waals surface area contributed by atoms with E-state index in [9.17, 15) is 0 Å². The molecular formula is C11H23NO2. The third-order valence-electron chi connectivity index (χ3n) is 2.38. The number of aliphatic hydroxyl groups excluding tert-OH is 1. The summed E-state index contributed by atoms with van der Waals surface area (Å²) in [5, 5.41) is 11.6. The summed E-state index contributed by atoms with van der Waals surface area (Å²) in [6, 6.07) is 0. The number of nitrogens with one attached hydrogen (secondary N) is 1. The molecule has 0 saturated carbocycles. The predicted molar refractivity (Wildman–Crippen MR) is 59.0 cm³/mol. The van der Waals surface area contributed by atoms with E-state index < -0.39 is 0 Å². The van der Waals surface area contributed by atoms with Gasteiger partial charge in [-0.3, -0.25) is 0 Å². The zero-order valence-electron chi connectivity index (χ0n) is 9.55. The Hall–Kier alpha value is -0.540. The standard InChI is InChI=1S/C11H23NO2/c1-9(2)11(10(3)12-4)5-7-14-8-6-13/h9,11-13H,3,5-8H2,1-2,4H3. The van der Waals surface area contributed by atoms with Crippen molar-refractivity contribution in [3.05, 3.63) is 12.3 Å². The number of hydrogen-bond donors (Lipinski definition) is 2. The maximum absolute atomic E-state index is 8.54. The Labute approximate surface area is 87.2 Å². The molecule has 0 aliphatic rings. The molecule has 0 radical (unpaired) electrons. The van der Waals surface area contributed by atoms with Crippen molar-refractivity contribution in [3.63, 3.8) is 0 Å². The fourth-order valence-corrected chi connectivity index (χ4v) is 1.47. The first kappa shape index (κ1) is 13.5. The molecule has 0 aromatic carbocycles. The lowest BCUT2D eigenvalue weighted by Crippen LogP contribution is -2.21. The molecule has 0 aliphatic carbocycles. The van der Waals surface area contributed by atoms with E-state index in [1.54, 1.807) is 0 Å². The minimum absolute atomic E-state index is 0.0965. The summed E-state index contributed by atoms with van der Waals surface area (Å²) in [5.74, 6) is 1.01. The monoisotopic (exact) mass is 201 g/mol. The number of allylic oxidation sites excluding steroid dienone is 1. The van der Waals surface area contributed by atoms with Gasteiger partial charge in [0.1, 0.15) is 0 Å². The second-order valence-corrected chi connectivity index (χ2v) is 3.75. The minimum atomic E-state index is 0.0965. The van der Waals surface area contributed by atoms with Crippen molar-refractivity contribution in [2.24, 2.45) is 11.8 Å². The largest absolute Gasteiger partial charge is 0.394 e. The quantitative estimate of drug-likeness (QED) is 0.583. The second kappa shape index (κ2) is 7.83. The highest BCUT2D eigenvalue weighted by Gasteiger charge is 2.15. The van der Waals surface area contributed by atoms with Gasteiger partial charge < -0.3 is 15.2 Å². The van der Waals surface area contributed by atoms with E-state index in [4.69, 9.17) is 9.84 Å². The Bertz CT molecular complexity index is 157. The van der Waals surface area contributed by atoms with Crippen LogP contribution in [0.1, 0.15) is 20.3 Å². The molecule has 1 atom stereocenters. The first-order valence-corrected chi connectivity index (χ1v) is 5.18. The highest BCUT2D eigenvalue weighted by atomic mass is 16.5. The van der Waals surface area contributed by atoms with Crippen molar-refractivity contribution in [1.82, 2.24) is 5.32 Å². The van der Waals surface area contributed by atoms with Gasteiger partial charge in [0, 0.05) is 25.3 Å². The van der Waals surface area contributed by atoms with Gasteiger partial charge in [0.25, 0.3) is 0 Å². The lowest BCUT2D eigenvalue weighted by Gasteiger charge is -2.22. The first-order valence-electron chi connectivity index (χ1n) is 5.18. The fourth-order valence-electron chi connectivity index (χ4n) is 1.47. The van der Waals surface area contributed by atoms with Crippen LogP contribution in [-0.4, -0.2) is 32.0 Å². The molecule has 1 unspecified atom stereocenters. The molecule has 0 rings (SSSR count). The van der Waals surface area contributed by atoms with Crippen LogP contribution in [0, 0.1) is 11.8 Å². The van der Waals surface area contributed by atoms with Crippen LogP contribution in [0.3, 0.4) is 0 Å². The summed E-state index contributed by atoms with van der Waals surface area (Å²) in [5.41, 5.74) is 1.06. The van der Waals surface area contributed by atoms with Crippen LogP contribution >= 0.6 is 0 Å². The van der Waals surface area contributed by atoms with Gasteiger partial charge >= 0.3 is 0 Å². The third kappa shape index (κ3) is 5.25. The van der Waals surface area contributed by atoms with Crippen LogP contribution in [0.5, 0.6) is 0 Å². The summed E-state index contributed by atoms with van der Waals surface area (Å²) < 4.78 is 5.24. The Morgan fingerprint density at radius 2 is 2.07 bits per heavy atom. The topological polar surface area (TPSA) is 41.5 Å². The first-order chi connectivity index (χ1) is 6.63. The SMILES string of the molecule is C=C(NC)C(CCOCCO)C(C)C. The molecule has 0 amide bonds. The maximum atomic E-state index is 8.54. The van der Waals surface area contributed by atoms with Crippen LogP contribution in [0.4, 0.5) is 0 Å². The van der Waals surface area contributed by atoms with Gasteiger partial charge in [0.2, 0.25) is 0 Å². The molecule has 0 saturated heterocycles. The normalized spacial score (nSPS) is 12.9. The summed E-state index contributed by atoms with van der Waals surface area (Å²) in [6.07, 6.45) is 0.956. The predicted octanol–water partition coefficient (Wildman–Crippen LogP) is 1.39. The molecule has 0 spiro atoms. The van der Waals surface area contributed by atoms with E-state index in [-0.39, 0.29) is 6.61 Å². The molecule has 3 nitrogen and oxygen atoms in total. The molecule has 0 fully saturated rings. The minimum Gasteiger partial charge on any atom is -0.394 e. The van der Waals surface area contributed by atoms with Crippen LogP contribution < -0.4 is 5.32 Å². The van der Waals surface area contributed by atoms with E-state index in [1.807, 2.05) is 7.05 Å². The highest BCUT2D eigenvalue weighted by molar-refractivity contribution is 4.98.